The molecule has 3 rings (SSSR count). The first-order valence-electron chi connectivity index (χ1n) is 6.05. The number of fused-ring (bicyclic) bond motifs is 1. The molecule has 0 fully saturated rings. The summed E-state index contributed by atoms with van der Waals surface area (Å²) in [5.74, 6) is 1.05. The molecule has 96 valence electrons. The number of hydrogen-bond acceptors (Lipinski definition) is 5. The predicted molar refractivity (Wildman–Crippen MR) is 78.2 cm³/mol. The molecule has 0 aliphatic heterocycles. The van der Waals surface area contributed by atoms with E-state index in [4.69, 9.17) is 0 Å². The molecule has 3 aromatic rings. The number of nitrogens with zero attached hydrogens (tertiary/aromatic N) is 2. The summed E-state index contributed by atoms with van der Waals surface area (Å²) in [7, 11) is 0. The molecular weight excluding hydrogens is 258 g/mol. The average Bonchev–Trinajstić information content (AvgIpc) is 2.85. The van der Waals surface area contributed by atoms with E-state index in [2.05, 4.69) is 28.3 Å². The van der Waals surface area contributed by atoms with Gasteiger partial charge in [-0.15, -0.1) is 11.3 Å². The Morgan fingerprint density at radius 1 is 1.21 bits per heavy atom. The molecule has 0 amide bonds. The van der Waals surface area contributed by atoms with Crippen LogP contribution < -0.4 is 5.32 Å². The van der Waals surface area contributed by atoms with Crippen LogP contribution in [-0.2, 0) is 6.42 Å². The van der Waals surface area contributed by atoms with Gasteiger partial charge in [0, 0.05) is 10.6 Å². The molecule has 19 heavy (non-hydrogen) atoms. The van der Waals surface area contributed by atoms with Crippen LogP contribution in [0.25, 0.3) is 10.2 Å². The lowest BCUT2D eigenvalue weighted by Gasteiger charge is -2.06. The standard InChI is InChI=1S/C14H13N3OS/c1-2-11-7-12-13(15-8-16-14(12)19-11)17-9-3-5-10(18)6-4-9/h3-8,18H,2H2,1H3,(H,15,16,17). The minimum Gasteiger partial charge on any atom is -0.508 e. The summed E-state index contributed by atoms with van der Waals surface area (Å²) >= 11 is 1.69. The number of aromatic nitrogens is 2. The van der Waals surface area contributed by atoms with Gasteiger partial charge in [0.05, 0.1) is 5.39 Å². The number of phenols is 1. The highest BCUT2D eigenvalue weighted by Crippen LogP contribution is 2.30. The number of thiophene rings is 1. The molecule has 2 N–H and O–H groups in total. The first-order valence-corrected chi connectivity index (χ1v) is 6.87. The van der Waals surface area contributed by atoms with E-state index < -0.39 is 0 Å². The maximum Gasteiger partial charge on any atom is 0.142 e. The molecule has 2 aromatic heterocycles. The molecule has 0 saturated heterocycles. The van der Waals surface area contributed by atoms with E-state index >= 15 is 0 Å². The molecule has 0 radical (unpaired) electrons. The maximum absolute atomic E-state index is 9.28. The average molecular weight is 271 g/mol. The van der Waals surface area contributed by atoms with Crippen LogP contribution in [0, 0.1) is 0 Å². The number of nitrogens with one attached hydrogen (secondary N) is 1. The van der Waals surface area contributed by atoms with E-state index in [9.17, 15) is 5.11 Å². The molecule has 0 unspecified atom stereocenters. The zero-order chi connectivity index (χ0) is 13.2. The monoisotopic (exact) mass is 271 g/mol. The van der Waals surface area contributed by atoms with Crippen molar-refractivity contribution >= 4 is 33.1 Å². The van der Waals surface area contributed by atoms with Crippen LogP contribution in [-0.4, -0.2) is 15.1 Å². The van der Waals surface area contributed by atoms with Gasteiger partial charge in [-0.25, -0.2) is 9.97 Å². The van der Waals surface area contributed by atoms with Crippen LogP contribution in [0.3, 0.4) is 0 Å². The second-order valence-electron chi connectivity index (χ2n) is 4.18. The van der Waals surface area contributed by atoms with Crippen molar-refractivity contribution in [3.63, 3.8) is 0 Å². The molecule has 2 heterocycles. The van der Waals surface area contributed by atoms with Crippen molar-refractivity contribution in [2.75, 3.05) is 5.32 Å². The highest BCUT2D eigenvalue weighted by Gasteiger charge is 2.08. The third-order valence-electron chi connectivity index (χ3n) is 2.86. The zero-order valence-corrected chi connectivity index (χ0v) is 11.2. The molecule has 0 atom stereocenters. The van der Waals surface area contributed by atoms with Gasteiger partial charge in [-0.1, -0.05) is 6.92 Å². The third kappa shape index (κ3) is 2.37. The lowest BCUT2D eigenvalue weighted by atomic mass is 10.2. The fourth-order valence-corrected chi connectivity index (χ4v) is 2.80. The Hall–Kier alpha value is -2.14. The molecule has 5 heteroatoms. The Kier molecular flexibility index (Phi) is 3.05. The van der Waals surface area contributed by atoms with Crippen molar-refractivity contribution in [2.45, 2.75) is 13.3 Å². The maximum atomic E-state index is 9.28. The summed E-state index contributed by atoms with van der Waals surface area (Å²) in [4.78, 5) is 10.9. The Balaban J connectivity index is 2.00. The van der Waals surface area contributed by atoms with E-state index in [1.807, 2.05) is 12.1 Å². The number of benzene rings is 1. The van der Waals surface area contributed by atoms with Gasteiger partial charge in [0.2, 0.25) is 0 Å². The van der Waals surface area contributed by atoms with Crippen molar-refractivity contribution in [3.05, 3.63) is 41.5 Å². The molecule has 0 bridgehead atoms. The Bertz CT molecular complexity index is 706. The van der Waals surface area contributed by atoms with E-state index in [0.29, 0.717) is 0 Å². The summed E-state index contributed by atoms with van der Waals surface area (Å²) < 4.78 is 0. The topological polar surface area (TPSA) is 58.0 Å². The van der Waals surface area contributed by atoms with E-state index in [1.165, 1.54) is 4.88 Å². The van der Waals surface area contributed by atoms with Crippen LogP contribution in [0.5, 0.6) is 5.75 Å². The number of aromatic hydroxyl groups is 1. The van der Waals surface area contributed by atoms with Crippen molar-refractivity contribution < 1.29 is 5.11 Å². The third-order valence-corrected chi connectivity index (χ3v) is 4.05. The van der Waals surface area contributed by atoms with E-state index in [1.54, 1.807) is 29.8 Å². The highest BCUT2D eigenvalue weighted by atomic mass is 32.1. The smallest absolute Gasteiger partial charge is 0.142 e. The number of aryl methyl sites for hydroxylation is 1. The van der Waals surface area contributed by atoms with Crippen LogP contribution in [0.15, 0.2) is 36.7 Å². The van der Waals surface area contributed by atoms with Crippen LogP contribution in [0.2, 0.25) is 0 Å². The van der Waals surface area contributed by atoms with Crippen molar-refractivity contribution in [3.8, 4) is 5.75 Å². The highest BCUT2D eigenvalue weighted by molar-refractivity contribution is 7.18. The molecular formula is C14H13N3OS. The summed E-state index contributed by atoms with van der Waals surface area (Å²) in [5, 5.41) is 13.6. The summed E-state index contributed by atoms with van der Waals surface area (Å²) in [6.45, 7) is 2.13. The van der Waals surface area contributed by atoms with Crippen molar-refractivity contribution in [1.29, 1.82) is 0 Å². The Morgan fingerprint density at radius 3 is 2.74 bits per heavy atom. The SMILES string of the molecule is CCc1cc2c(Nc3ccc(O)cc3)ncnc2s1. The van der Waals surface area contributed by atoms with E-state index in [0.717, 1.165) is 28.1 Å². The van der Waals surface area contributed by atoms with Crippen LogP contribution in [0.1, 0.15) is 11.8 Å². The van der Waals surface area contributed by atoms with Crippen molar-refractivity contribution in [1.82, 2.24) is 9.97 Å². The summed E-state index contributed by atoms with van der Waals surface area (Å²) in [5.41, 5.74) is 0.891. The van der Waals surface area contributed by atoms with Crippen molar-refractivity contribution in [2.24, 2.45) is 0 Å². The summed E-state index contributed by atoms with van der Waals surface area (Å²) in [6, 6.07) is 9.05. The van der Waals surface area contributed by atoms with Gasteiger partial charge in [-0.2, -0.15) is 0 Å². The van der Waals surface area contributed by atoms with Gasteiger partial charge in [0.1, 0.15) is 22.7 Å². The minimum atomic E-state index is 0.252. The second-order valence-corrected chi connectivity index (χ2v) is 5.29. The lowest BCUT2D eigenvalue weighted by molar-refractivity contribution is 0.475. The van der Waals surface area contributed by atoms with Gasteiger partial charge >= 0.3 is 0 Å². The zero-order valence-electron chi connectivity index (χ0n) is 10.4. The van der Waals surface area contributed by atoms with Gasteiger partial charge in [-0.3, -0.25) is 0 Å². The summed E-state index contributed by atoms with van der Waals surface area (Å²) in [6.07, 6.45) is 2.57. The second kappa shape index (κ2) is 4.85. The molecule has 0 spiro atoms. The van der Waals surface area contributed by atoms with Crippen LogP contribution in [0.4, 0.5) is 11.5 Å². The number of phenolic OH excluding ortho intramolecular Hbond substituents is 1. The molecule has 0 aliphatic carbocycles. The number of anilines is 2. The van der Waals surface area contributed by atoms with Gasteiger partial charge in [-0.05, 0) is 36.8 Å². The number of rotatable bonds is 3. The van der Waals surface area contributed by atoms with E-state index in [-0.39, 0.29) is 5.75 Å². The molecule has 0 saturated carbocycles. The Labute approximate surface area is 114 Å². The molecule has 4 nitrogen and oxygen atoms in total. The normalized spacial score (nSPS) is 10.8. The predicted octanol–water partition coefficient (Wildman–Crippen LogP) is 3.70. The largest absolute Gasteiger partial charge is 0.508 e. The number of hydrogen-bond donors (Lipinski definition) is 2. The molecule has 1 aromatic carbocycles. The first-order chi connectivity index (χ1) is 9.26. The minimum absolute atomic E-state index is 0.252. The fraction of sp³-hybridized carbons (Fsp3) is 0.143. The Morgan fingerprint density at radius 2 is 2.00 bits per heavy atom. The van der Waals surface area contributed by atoms with Gasteiger partial charge in [0.25, 0.3) is 0 Å². The fourth-order valence-electron chi connectivity index (χ4n) is 1.86. The first kappa shape index (κ1) is 11.9. The quantitative estimate of drug-likeness (QED) is 0.713. The van der Waals surface area contributed by atoms with Gasteiger partial charge in [0.15, 0.2) is 0 Å². The van der Waals surface area contributed by atoms with Crippen LogP contribution >= 0.6 is 11.3 Å². The molecule has 0 aliphatic rings. The van der Waals surface area contributed by atoms with Gasteiger partial charge < -0.3 is 10.4 Å². The lowest BCUT2D eigenvalue weighted by Crippen LogP contribution is -1.94.